The minimum Gasteiger partial charge on any atom is -0.387 e. The SMILES string of the molecule is COCCCC(O)c1ccccn1. The molecule has 0 fully saturated rings. The maximum Gasteiger partial charge on any atom is 0.0960 e. The fourth-order valence-corrected chi connectivity index (χ4v) is 1.14. The normalized spacial score (nSPS) is 12.8. The lowest BCUT2D eigenvalue weighted by Crippen LogP contribution is -2.01. The molecule has 0 aliphatic rings. The molecule has 1 heterocycles. The quantitative estimate of drug-likeness (QED) is 0.701. The molecule has 1 aromatic heterocycles. The molecule has 1 aromatic rings. The first-order chi connectivity index (χ1) is 6.34. The molecular weight excluding hydrogens is 166 g/mol. The van der Waals surface area contributed by atoms with Gasteiger partial charge in [0.25, 0.3) is 0 Å². The molecule has 3 nitrogen and oxygen atoms in total. The Hall–Kier alpha value is -0.930. The van der Waals surface area contributed by atoms with Crippen molar-refractivity contribution >= 4 is 0 Å². The summed E-state index contributed by atoms with van der Waals surface area (Å²) in [6, 6.07) is 5.55. The van der Waals surface area contributed by atoms with E-state index in [-0.39, 0.29) is 0 Å². The first-order valence-corrected chi connectivity index (χ1v) is 4.42. The Bertz CT molecular complexity index is 226. The van der Waals surface area contributed by atoms with Gasteiger partial charge in [-0.3, -0.25) is 4.98 Å². The van der Waals surface area contributed by atoms with Crippen LogP contribution >= 0.6 is 0 Å². The summed E-state index contributed by atoms with van der Waals surface area (Å²) in [7, 11) is 1.66. The van der Waals surface area contributed by atoms with Gasteiger partial charge in [-0.15, -0.1) is 0 Å². The number of methoxy groups -OCH3 is 1. The van der Waals surface area contributed by atoms with Crippen molar-refractivity contribution in [2.24, 2.45) is 0 Å². The van der Waals surface area contributed by atoms with E-state index in [0.717, 1.165) is 12.1 Å². The monoisotopic (exact) mass is 181 g/mol. The number of hydrogen-bond donors (Lipinski definition) is 1. The van der Waals surface area contributed by atoms with Crippen LogP contribution in [0.4, 0.5) is 0 Å². The Morgan fingerprint density at radius 2 is 2.38 bits per heavy atom. The summed E-state index contributed by atoms with van der Waals surface area (Å²) in [5, 5.41) is 9.63. The minimum atomic E-state index is -0.462. The van der Waals surface area contributed by atoms with Crippen molar-refractivity contribution < 1.29 is 9.84 Å². The third kappa shape index (κ3) is 3.53. The smallest absolute Gasteiger partial charge is 0.0960 e. The van der Waals surface area contributed by atoms with Crippen molar-refractivity contribution in [2.75, 3.05) is 13.7 Å². The molecule has 1 atom stereocenters. The molecule has 0 saturated carbocycles. The molecule has 0 aromatic carbocycles. The molecule has 0 bridgehead atoms. The fraction of sp³-hybridized carbons (Fsp3) is 0.500. The summed E-state index contributed by atoms with van der Waals surface area (Å²) in [6.45, 7) is 0.684. The summed E-state index contributed by atoms with van der Waals surface area (Å²) in [6.07, 6.45) is 2.78. The van der Waals surface area contributed by atoms with Crippen LogP contribution in [-0.2, 0) is 4.74 Å². The maximum absolute atomic E-state index is 9.63. The number of hydrogen-bond acceptors (Lipinski definition) is 3. The summed E-state index contributed by atoms with van der Waals surface area (Å²) in [5.41, 5.74) is 0.735. The molecule has 0 saturated heterocycles. The minimum absolute atomic E-state index is 0.462. The Labute approximate surface area is 78.4 Å². The van der Waals surface area contributed by atoms with Crippen LogP contribution in [0.3, 0.4) is 0 Å². The van der Waals surface area contributed by atoms with Crippen LogP contribution in [0.1, 0.15) is 24.6 Å². The van der Waals surface area contributed by atoms with Gasteiger partial charge < -0.3 is 9.84 Å². The van der Waals surface area contributed by atoms with Crippen LogP contribution in [-0.4, -0.2) is 23.8 Å². The Morgan fingerprint density at radius 3 is 3.00 bits per heavy atom. The van der Waals surface area contributed by atoms with Gasteiger partial charge in [-0.2, -0.15) is 0 Å². The first kappa shape index (κ1) is 10.2. The van der Waals surface area contributed by atoms with Gasteiger partial charge >= 0.3 is 0 Å². The second kappa shape index (κ2) is 5.67. The number of pyridine rings is 1. The van der Waals surface area contributed by atoms with Gasteiger partial charge in [0.15, 0.2) is 0 Å². The lowest BCUT2D eigenvalue weighted by Gasteiger charge is -2.08. The Balaban J connectivity index is 2.35. The van der Waals surface area contributed by atoms with Gasteiger partial charge in [0.05, 0.1) is 11.8 Å². The molecule has 1 unspecified atom stereocenters. The van der Waals surface area contributed by atoms with Crippen molar-refractivity contribution in [3.05, 3.63) is 30.1 Å². The second-order valence-electron chi connectivity index (χ2n) is 2.91. The highest BCUT2D eigenvalue weighted by atomic mass is 16.5. The van der Waals surface area contributed by atoms with E-state index in [0.29, 0.717) is 13.0 Å². The van der Waals surface area contributed by atoms with Crippen molar-refractivity contribution in [3.8, 4) is 0 Å². The van der Waals surface area contributed by atoms with Gasteiger partial charge in [-0.05, 0) is 25.0 Å². The van der Waals surface area contributed by atoms with E-state index in [2.05, 4.69) is 4.98 Å². The molecule has 0 aliphatic carbocycles. The summed E-state index contributed by atoms with van der Waals surface area (Å²) in [4.78, 5) is 4.07. The maximum atomic E-state index is 9.63. The molecule has 1 rings (SSSR count). The zero-order valence-electron chi connectivity index (χ0n) is 7.81. The molecule has 13 heavy (non-hydrogen) atoms. The topological polar surface area (TPSA) is 42.4 Å². The predicted molar refractivity (Wildman–Crippen MR) is 50.3 cm³/mol. The molecule has 72 valence electrons. The van der Waals surface area contributed by atoms with Crippen LogP contribution in [0.5, 0.6) is 0 Å². The van der Waals surface area contributed by atoms with E-state index in [4.69, 9.17) is 4.74 Å². The lowest BCUT2D eigenvalue weighted by atomic mass is 10.1. The molecule has 0 spiro atoms. The van der Waals surface area contributed by atoms with Crippen molar-refractivity contribution in [3.63, 3.8) is 0 Å². The van der Waals surface area contributed by atoms with E-state index in [9.17, 15) is 5.11 Å². The van der Waals surface area contributed by atoms with Crippen LogP contribution in [0.15, 0.2) is 24.4 Å². The van der Waals surface area contributed by atoms with E-state index in [1.165, 1.54) is 0 Å². The first-order valence-electron chi connectivity index (χ1n) is 4.42. The number of nitrogens with zero attached hydrogens (tertiary/aromatic N) is 1. The van der Waals surface area contributed by atoms with E-state index in [1.807, 2.05) is 18.2 Å². The van der Waals surface area contributed by atoms with Crippen molar-refractivity contribution in [2.45, 2.75) is 18.9 Å². The molecule has 0 amide bonds. The fourth-order valence-electron chi connectivity index (χ4n) is 1.14. The number of rotatable bonds is 5. The Kier molecular flexibility index (Phi) is 4.43. The standard InChI is InChI=1S/C10H15NO2/c1-13-8-4-6-10(12)9-5-2-3-7-11-9/h2-3,5,7,10,12H,4,6,8H2,1H3. The van der Waals surface area contributed by atoms with Gasteiger partial charge in [-0.25, -0.2) is 0 Å². The van der Waals surface area contributed by atoms with E-state index in [1.54, 1.807) is 13.3 Å². The molecule has 3 heteroatoms. The highest BCUT2D eigenvalue weighted by Gasteiger charge is 2.06. The number of aromatic nitrogens is 1. The van der Waals surface area contributed by atoms with Gasteiger partial charge in [0, 0.05) is 19.9 Å². The average Bonchev–Trinajstić information content (AvgIpc) is 2.19. The van der Waals surface area contributed by atoms with Crippen LogP contribution in [0, 0.1) is 0 Å². The summed E-state index contributed by atoms with van der Waals surface area (Å²) >= 11 is 0. The van der Waals surface area contributed by atoms with Crippen LogP contribution in [0.25, 0.3) is 0 Å². The highest BCUT2D eigenvalue weighted by Crippen LogP contribution is 2.14. The third-order valence-corrected chi connectivity index (χ3v) is 1.86. The Morgan fingerprint density at radius 1 is 1.54 bits per heavy atom. The zero-order valence-corrected chi connectivity index (χ0v) is 7.81. The summed E-state index contributed by atoms with van der Waals surface area (Å²) in [5.74, 6) is 0. The largest absolute Gasteiger partial charge is 0.387 e. The van der Waals surface area contributed by atoms with Gasteiger partial charge in [-0.1, -0.05) is 6.07 Å². The zero-order chi connectivity index (χ0) is 9.52. The highest BCUT2D eigenvalue weighted by molar-refractivity contribution is 5.06. The lowest BCUT2D eigenvalue weighted by molar-refractivity contribution is 0.133. The number of aliphatic hydroxyl groups excluding tert-OH is 1. The van der Waals surface area contributed by atoms with Crippen molar-refractivity contribution in [1.82, 2.24) is 4.98 Å². The van der Waals surface area contributed by atoms with Crippen LogP contribution in [0.2, 0.25) is 0 Å². The van der Waals surface area contributed by atoms with E-state index < -0.39 is 6.10 Å². The predicted octanol–water partition coefficient (Wildman–Crippen LogP) is 1.54. The molecule has 0 radical (unpaired) electrons. The number of aliphatic hydroxyl groups is 1. The summed E-state index contributed by atoms with van der Waals surface area (Å²) < 4.78 is 4.90. The van der Waals surface area contributed by atoms with E-state index >= 15 is 0 Å². The van der Waals surface area contributed by atoms with Crippen LogP contribution < -0.4 is 0 Å². The average molecular weight is 181 g/mol. The van der Waals surface area contributed by atoms with Gasteiger partial charge in [0.1, 0.15) is 0 Å². The molecule has 1 N–H and O–H groups in total. The molecular formula is C10H15NO2. The molecule has 0 aliphatic heterocycles. The second-order valence-corrected chi connectivity index (χ2v) is 2.91. The third-order valence-electron chi connectivity index (χ3n) is 1.86. The number of ether oxygens (including phenoxy) is 1. The van der Waals surface area contributed by atoms with Crippen molar-refractivity contribution in [1.29, 1.82) is 0 Å². The van der Waals surface area contributed by atoms with Gasteiger partial charge in [0.2, 0.25) is 0 Å².